The van der Waals surface area contributed by atoms with Crippen LogP contribution in [-0.2, 0) is 25.7 Å². The van der Waals surface area contributed by atoms with Crippen LogP contribution in [0.2, 0.25) is 0 Å². The summed E-state index contributed by atoms with van der Waals surface area (Å²) >= 11 is 0. The molecule has 2 aliphatic rings. The highest BCUT2D eigenvalue weighted by atomic mass is 16.7. The van der Waals surface area contributed by atoms with E-state index in [9.17, 15) is 14.4 Å². The average molecular weight is 512 g/mol. The summed E-state index contributed by atoms with van der Waals surface area (Å²) in [6, 6.07) is 13.2. The van der Waals surface area contributed by atoms with Crippen LogP contribution >= 0.6 is 0 Å². The topological polar surface area (TPSA) is 107 Å². The van der Waals surface area contributed by atoms with Crippen LogP contribution in [0.25, 0.3) is 0 Å². The van der Waals surface area contributed by atoms with Gasteiger partial charge in [-0.25, -0.2) is 14.4 Å². The van der Waals surface area contributed by atoms with Gasteiger partial charge < -0.3 is 24.4 Å². The molecule has 0 aliphatic carbocycles. The highest BCUT2D eigenvalue weighted by Gasteiger charge is 2.51. The van der Waals surface area contributed by atoms with E-state index in [1.807, 2.05) is 36.4 Å². The Hall–Kier alpha value is -3.79. The Morgan fingerprint density at radius 3 is 2.54 bits per heavy atom. The maximum atomic E-state index is 13.3. The SMILES string of the molecule is CCOC(=O)[C@H]1c2ccc(OCCNC(=O)OC(C)(C)C)cc2[C@@H]2CN1C(=O)N2OCc1ccccc1. The van der Waals surface area contributed by atoms with E-state index in [0.29, 0.717) is 11.3 Å². The Morgan fingerprint density at radius 1 is 1.08 bits per heavy atom. The zero-order valence-corrected chi connectivity index (χ0v) is 21.6. The second-order valence-electron chi connectivity index (χ2n) is 9.76. The third-order valence-corrected chi connectivity index (χ3v) is 5.87. The summed E-state index contributed by atoms with van der Waals surface area (Å²) < 4.78 is 16.4. The number of nitrogens with zero attached hydrogens (tertiary/aromatic N) is 2. The number of nitrogens with one attached hydrogen (secondary N) is 1. The minimum Gasteiger partial charge on any atom is -0.492 e. The van der Waals surface area contributed by atoms with Crippen molar-refractivity contribution in [3.05, 3.63) is 65.2 Å². The predicted octanol–water partition coefficient (Wildman–Crippen LogP) is 4.12. The molecule has 3 amide bonds. The molecule has 0 spiro atoms. The summed E-state index contributed by atoms with van der Waals surface area (Å²) in [6.45, 7) is 8.27. The van der Waals surface area contributed by atoms with Crippen LogP contribution in [0.4, 0.5) is 9.59 Å². The van der Waals surface area contributed by atoms with E-state index >= 15 is 0 Å². The maximum Gasteiger partial charge on any atom is 0.407 e. The lowest BCUT2D eigenvalue weighted by Gasteiger charge is -2.31. The van der Waals surface area contributed by atoms with Gasteiger partial charge in [-0.3, -0.25) is 4.84 Å². The van der Waals surface area contributed by atoms with Crippen molar-refractivity contribution in [3.63, 3.8) is 0 Å². The average Bonchev–Trinajstić information content (AvgIpc) is 3.12. The molecule has 2 aromatic carbocycles. The summed E-state index contributed by atoms with van der Waals surface area (Å²) in [4.78, 5) is 45.5. The number of hydroxylamine groups is 2. The van der Waals surface area contributed by atoms with Crippen LogP contribution in [0.15, 0.2) is 48.5 Å². The molecule has 2 aromatic rings. The lowest BCUT2D eigenvalue weighted by atomic mass is 9.91. The molecule has 0 aromatic heterocycles. The van der Waals surface area contributed by atoms with Gasteiger partial charge in [-0.15, -0.1) is 0 Å². The molecular formula is C27H33N3O7. The Morgan fingerprint density at radius 2 is 1.84 bits per heavy atom. The smallest absolute Gasteiger partial charge is 0.407 e. The van der Waals surface area contributed by atoms with Gasteiger partial charge in [0.1, 0.15) is 30.6 Å². The normalized spacial score (nSPS) is 18.3. The zero-order chi connectivity index (χ0) is 26.6. The Balaban J connectivity index is 1.50. The second kappa shape index (κ2) is 11.1. The first-order valence-corrected chi connectivity index (χ1v) is 12.3. The number of alkyl carbamates (subject to hydrolysis) is 1. The molecule has 1 saturated heterocycles. The molecule has 2 aliphatic heterocycles. The minimum atomic E-state index is -0.869. The largest absolute Gasteiger partial charge is 0.492 e. The number of urea groups is 1. The Kier molecular flexibility index (Phi) is 7.87. The van der Waals surface area contributed by atoms with Crippen molar-refractivity contribution in [1.29, 1.82) is 0 Å². The number of fused-ring (bicyclic) bond motifs is 4. The van der Waals surface area contributed by atoms with Gasteiger partial charge in [0.2, 0.25) is 0 Å². The minimum absolute atomic E-state index is 0.205. The third kappa shape index (κ3) is 6.14. The van der Waals surface area contributed by atoms with Crippen LogP contribution in [0, 0.1) is 0 Å². The second-order valence-corrected chi connectivity index (χ2v) is 9.76. The standard InChI is InChI=1S/C27H33N3O7/c1-5-34-24(31)23-20-12-11-19(35-14-13-28-25(32)37-27(2,3)4)15-21(20)22-16-29(23)26(33)30(22)36-17-18-9-7-6-8-10-18/h6-12,15,22-23H,5,13-14,16-17H2,1-4H3,(H,28,32)/t22-,23+/m0/s1. The van der Waals surface area contributed by atoms with Crippen LogP contribution in [0.1, 0.15) is 56.5 Å². The Bertz CT molecular complexity index is 1130. The monoisotopic (exact) mass is 511 g/mol. The molecular weight excluding hydrogens is 478 g/mol. The fourth-order valence-electron chi connectivity index (χ4n) is 4.36. The van der Waals surface area contributed by atoms with E-state index in [1.165, 1.54) is 9.96 Å². The molecule has 1 fully saturated rings. The van der Waals surface area contributed by atoms with Crippen molar-refractivity contribution in [2.75, 3.05) is 26.3 Å². The molecule has 0 saturated carbocycles. The fraction of sp³-hybridized carbons (Fsp3) is 0.444. The van der Waals surface area contributed by atoms with Crippen LogP contribution in [0.3, 0.4) is 0 Å². The van der Waals surface area contributed by atoms with Gasteiger partial charge in [0.05, 0.1) is 19.7 Å². The molecule has 1 N–H and O–H groups in total. The quantitative estimate of drug-likeness (QED) is 0.399. The van der Waals surface area contributed by atoms with Gasteiger partial charge in [-0.05, 0) is 56.5 Å². The summed E-state index contributed by atoms with van der Waals surface area (Å²) in [5.41, 5.74) is 1.77. The summed E-state index contributed by atoms with van der Waals surface area (Å²) in [5.74, 6) is 0.0545. The zero-order valence-electron chi connectivity index (χ0n) is 21.6. The van der Waals surface area contributed by atoms with E-state index < -0.39 is 29.7 Å². The van der Waals surface area contributed by atoms with Gasteiger partial charge in [0, 0.05) is 0 Å². The number of rotatable bonds is 9. The highest BCUT2D eigenvalue weighted by molar-refractivity contribution is 5.88. The van der Waals surface area contributed by atoms with Crippen molar-refractivity contribution < 1.29 is 33.4 Å². The van der Waals surface area contributed by atoms with Crippen LogP contribution < -0.4 is 10.1 Å². The number of hydrogen-bond acceptors (Lipinski definition) is 7. The number of ether oxygens (including phenoxy) is 3. The first-order valence-electron chi connectivity index (χ1n) is 12.3. The van der Waals surface area contributed by atoms with Gasteiger partial charge in [0.25, 0.3) is 0 Å². The molecule has 0 radical (unpaired) electrons. The molecule has 10 nitrogen and oxygen atoms in total. The van der Waals surface area contributed by atoms with Crippen molar-refractivity contribution in [1.82, 2.24) is 15.3 Å². The van der Waals surface area contributed by atoms with Gasteiger partial charge in [0.15, 0.2) is 6.04 Å². The van der Waals surface area contributed by atoms with Crippen molar-refractivity contribution in [2.24, 2.45) is 0 Å². The number of esters is 1. The number of carbonyl (C=O) groups is 3. The highest BCUT2D eigenvalue weighted by Crippen LogP contribution is 2.45. The number of amides is 3. The van der Waals surface area contributed by atoms with Gasteiger partial charge in [-0.2, -0.15) is 5.06 Å². The molecule has 198 valence electrons. The van der Waals surface area contributed by atoms with Crippen molar-refractivity contribution >= 4 is 18.1 Å². The van der Waals surface area contributed by atoms with Gasteiger partial charge in [-0.1, -0.05) is 36.4 Å². The number of carbonyl (C=O) groups excluding carboxylic acids is 3. The molecule has 2 bridgehead atoms. The first-order chi connectivity index (χ1) is 17.7. The van der Waals surface area contributed by atoms with E-state index in [-0.39, 0.29) is 38.9 Å². The molecule has 2 heterocycles. The molecule has 2 atom stereocenters. The van der Waals surface area contributed by atoms with E-state index in [2.05, 4.69) is 5.32 Å². The molecule has 10 heteroatoms. The van der Waals surface area contributed by atoms with Crippen LogP contribution in [-0.4, -0.2) is 60.0 Å². The number of benzene rings is 2. The fourth-order valence-corrected chi connectivity index (χ4v) is 4.36. The molecule has 0 unspecified atom stereocenters. The lowest BCUT2D eigenvalue weighted by Crippen LogP contribution is -2.39. The Labute approximate surface area is 216 Å². The summed E-state index contributed by atoms with van der Waals surface area (Å²) in [6.07, 6.45) is -0.519. The molecule has 4 rings (SSSR count). The van der Waals surface area contributed by atoms with Crippen molar-refractivity contribution in [2.45, 2.75) is 52.0 Å². The first kappa shape index (κ1) is 26.3. The van der Waals surface area contributed by atoms with Crippen LogP contribution in [0.5, 0.6) is 5.75 Å². The van der Waals surface area contributed by atoms with E-state index in [1.54, 1.807) is 39.8 Å². The van der Waals surface area contributed by atoms with E-state index in [4.69, 9.17) is 19.0 Å². The lowest BCUT2D eigenvalue weighted by molar-refractivity contribution is -0.149. The maximum absolute atomic E-state index is 13.3. The molecule has 37 heavy (non-hydrogen) atoms. The predicted molar refractivity (Wildman–Crippen MR) is 133 cm³/mol. The van der Waals surface area contributed by atoms with E-state index in [0.717, 1.165) is 11.1 Å². The van der Waals surface area contributed by atoms with Crippen molar-refractivity contribution in [3.8, 4) is 5.75 Å². The number of hydrogen-bond donors (Lipinski definition) is 1. The third-order valence-electron chi connectivity index (χ3n) is 5.87. The summed E-state index contributed by atoms with van der Waals surface area (Å²) in [5, 5.41) is 3.98. The van der Waals surface area contributed by atoms with Gasteiger partial charge >= 0.3 is 18.1 Å². The summed E-state index contributed by atoms with van der Waals surface area (Å²) in [7, 11) is 0.